The van der Waals surface area contributed by atoms with Crippen LogP contribution in [0.4, 0.5) is 0 Å². The predicted octanol–water partition coefficient (Wildman–Crippen LogP) is 2.79. The van der Waals surface area contributed by atoms with Crippen molar-refractivity contribution in [2.24, 2.45) is 0 Å². The molecule has 13 nitrogen and oxygen atoms in total. The molecule has 0 fully saturated rings. The van der Waals surface area contributed by atoms with E-state index in [4.69, 9.17) is 9.94 Å². The Morgan fingerprint density at radius 2 is 1.67 bits per heavy atom. The number of hydrogen-bond acceptors (Lipinski definition) is 9. The predicted molar refractivity (Wildman–Crippen MR) is 148 cm³/mol. The van der Waals surface area contributed by atoms with Crippen molar-refractivity contribution >= 4 is 31.9 Å². The molecule has 0 saturated heterocycles. The lowest BCUT2D eigenvalue weighted by Gasteiger charge is -2.27. The summed E-state index contributed by atoms with van der Waals surface area (Å²) in [6.45, 7) is 0. The number of sulfonamides is 2. The highest BCUT2D eigenvalue weighted by Crippen LogP contribution is 2.33. The molecule has 1 atom stereocenters. The fraction of sp³-hybridized carbons (Fsp3) is 0.148. The number of fused-ring (bicyclic) bond motifs is 1. The molecular formula is C27H25N5O8S2. The van der Waals surface area contributed by atoms with Gasteiger partial charge in [0.2, 0.25) is 15.9 Å². The second kappa shape index (κ2) is 11.7. The van der Waals surface area contributed by atoms with Crippen molar-refractivity contribution in [3.63, 3.8) is 0 Å². The molecule has 1 aliphatic heterocycles. The smallest absolute Gasteiger partial charge is 0.270 e. The monoisotopic (exact) mass is 611 g/mol. The van der Waals surface area contributed by atoms with Crippen LogP contribution in [-0.2, 0) is 24.8 Å². The number of carbonyl (C=O) groups excluding carboxylic acids is 2. The number of nitrogens with zero attached hydrogens (tertiary/aromatic N) is 3. The maximum atomic E-state index is 13.4. The van der Waals surface area contributed by atoms with E-state index in [2.05, 4.69) is 9.71 Å². The van der Waals surface area contributed by atoms with Gasteiger partial charge < -0.3 is 9.30 Å². The van der Waals surface area contributed by atoms with Gasteiger partial charge in [-0.05, 0) is 73.5 Å². The van der Waals surface area contributed by atoms with E-state index in [1.165, 1.54) is 54.0 Å². The number of rotatable bonds is 11. The Morgan fingerprint density at radius 3 is 2.29 bits per heavy atom. The van der Waals surface area contributed by atoms with Gasteiger partial charge in [0.15, 0.2) is 0 Å². The van der Waals surface area contributed by atoms with Crippen molar-refractivity contribution in [1.29, 1.82) is 0 Å². The molecule has 0 spiro atoms. The van der Waals surface area contributed by atoms with Gasteiger partial charge in [0.05, 0.1) is 16.8 Å². The Labute approximate surface area is 241 Å². The van der Waals surface area contributed by atoms with Crippen LogP contribution in [-0.4, -0.2) is 53.9 Å². The standard InChI is InChI=1S/C27H25N5O8S2/c33-26(29-35)7-3-6-25(32-27(34)23-4-1-2-5-24(23)42(32,38)39)30-41(36,37)22-14-12-21(13-15-22)40-20-10-8-19(9-11-20)31-17-16-28-18-31/h1-2,4-5,8-18,25,30,35H,3,6-7H2,(H,29,33). The highest BCUT2D eigenvalue weighted by molar-refractivity contribution is 7.91. The summed E-state index contributed by atoms with van der Waals surface area (Å²) in [5, 5.41) is 8.77. The average Bonchev–Trinajstić information content (AvgIpc) is 3.58. The van der Waals surface area contributed by atoms with E-state index in [1.54, 1.807) is 30.9 Å². The topological polar surface area (TPSA) is 177 Å². The van der Waals surface area contributed by atoms with Crippen LogP contribution in [0, 0.1) is 0 Å². The molecule has 2 amide bonds. The molecule has 3 N–H and O–H groups in total. The summed E-state index contributed by atoms with van der Waals surface area (Å²) in [6, 6.07) is 18.1. The number of ether oxygens (including phenoxy) is 1. The van der Waals surface area contributed by atoms with Crippen molar-refractivity contribution in [1.82, 2.24) is 24.1 Å². The molecule has 0 aliphatic carbocycles. The lowest BCUT2D eigenvalue weighted by molar-refractivity contribution is -0.129. The number of hydrogen-bond donors (Lipinski definition) is 3. The third-order valence-electron chi connectivity index (χ3n) is 6.44. The molecule has 0 bridgehead atoms. The molecular weight excluding hydrogens is 586 g/mol. The second-order valence-corrected chi connectivity index (χ2v) is 12.7. The van der Waals surface area contributed by atoms with Crippen molar-refractivity contribution < 1.29 is 36.4 Å². The largest absolute Gasteiger partial charge is 0.457 e. The summed E-state index contributed by atoms with van der Waals surface area (Å²) in [5.74, 6) is -0.782. The first-order valence-electron chi connectivity index (χ1n) is 12.6. The molecule has 42 heavy (non-hydrogen) atoms. The van der Waals surface area contributed by atoms with Gasteiger partial charge in [0, 0.05) is 24.5 Å². The summed E-state index contributed by atoms with van der Waals surface area (Å²) in [5.41, 5.74) is 2.25. The number of imidazole rings is 1. The van der Waals surface area contributed by atoms with Gasteiger partial charge in [-0.25, -0.2) is 31.6 Å². The van der Waals surface area contributed by atoms with E-state index < -0.39 is 38.0 Å². The van der Waals surface area contributed by atoms with E-state index in [0.29, 0.717) is 15.8 Å². The molecule has 4 aromatic rings. The van der Waals surface area contributed by atoms with Crippen molar-refractivity contribution in [3.8, 4) is 17.2 Å². The van der Waals surface area contributed by atoms with Gasteiger partial charge in [-0.3, -0.25) is 14.8 Å². The molecule has 15 heteroatoms. The summed E-state index contributed by atoms with van der Waals surface area (Å²) >= 11 is 0. The normalized spacial score (nSPS) is 14.8. The molecule has 5 rings (SSSR count). The van der Waals surface area contributed by atoms with Crippen LogP contribution < -0.4 is 14.9 Å². The van der Waals surface area contributed by atoms with Crippen molar-refractivity contribution in [2.45, 2.75) is 35.2 Å². The molecule has 218 valence electrons. The second-order valence-electron chi connectivity index (χ2n) is 9.20. The zero-order chi connectivity index (χ0) is 29.9. The maximum Gasteiger partial charge on any atom is 0.270 e. The minimum Gasteiger partial charge on any atom is -0.457 e. The third kappa shape index (κ3) is 5.89. The van der Waals surface area contributed by atoms with Crippen LogP contribution >= 0.6 is 0 Å². The number of hydroxylamine groups is 1. The minimum absolute atomic E-state index is 0.0400. The van der Waals surface area contributed by atoms with Gasteiger partial charge in [-0.2, -0.15) is 4.72 Å². The summed E-state index contributed by atoms with van der Waals surface area (Å²) in [4.78, 5) is 28.2. The van der Waals surface area contributed by atoms with E-state index >= 15 is 0 Å². The van der Waals surface area contributed by atoms with Gasteiger partial charge in [-0.15, -0.1) is 0 Å². The zero-order valence-electron chi connectivity index (χ0n) is 21.8. The minimum atomic E-state index is -4.38. The molecule has 3 aromatic carbocycles. The number of amides is 2. The van der Waals surface area contributed by atoms with Crippen LogP contribution in [0.15, 0.2) is 101 Å². The fourth-order valence-corrected chi connectivity index (χ4v) is 7.40. The Kier molecular flexibility index (Phi) is 8.08. The highest BCUT2D eigenvalue weighted by atomic mass is 32.2. The van der Waals surface area contributed by atoms with Crippen LogP contribution in [0.5, 0.6) is 11.5 Å². The number of aromatic nitrogens is 2. The first-order valence-corrected chi connectivity index (χ1v) is 15.5. The van der Waals surface area contributed by atoms with Crippen LogP contribution in [0.1, 0.15) is 29.6 Å². The Balaban J connectivity index is 1.34. The van der Waals surface area contributed by atoms with Crippen LogP contribution in [0.3, 0.4) is 0 Å². The molecule has 1 unspecified atom stereocenters. The van der Waals surface area contributed by atoms with E-state index in [0.717, 1.165) is 5.69 Å². The van der Waals surface area contributed by atoms with Gasteiger partial charge in [-0.1, -0.05) is 12.1 Å². The average molecular weight is 612 g/mol. The Hall–Kier alpha value is -4.57. The van der Waals surface area contributed by atoms with Gasteiger partial charge >= 0.3 is 0 Å². The number of carbonyl (C=O) groups is 2. The zero-order valence-corrected chi connectivity index (χ0v) is 23.5. The number of nitrogens with one attached hydrogen (secondary N) is 2. The first kappa shape index (κ1) is 28.9. The van der Waals surface area contributed by atoms with E-state index in [1.807, 2.05) is 16.7 Å². The third-order valence-corrected chi connectivity index (χ3v) is 9.77. The van der Waals surface area contributed by atoms with Gasteiger partial charge in [0.25, 0.3) is 15.9 Å². The van der Waals surface area contributed by atoms with Crippen molar-refractivity contribution in [2.75, 3.05) is 0 Å². The lowest BCUT2D eigenvalue weighted by atomic mass is 10.1. The first-order chi connectivity index (χ1) is 20.1. The van der Waals surface area contributed by atoms with Gasteiger partial charge in [0.1, 0.15) is 22.6 Å². The maximum absolute atomic E-state index is 13.4. The SMILES string of the molecule is O=C(CCCC(NS(=O)(=O)c1ccc(Oc2ccc(-n3ccnc3)cc2)cc1)N1C(=O)c2ccccc2S1(=O)=O)NO. The summed E-state index contributed by atoms with van der Waals surface area (Å²) < 4.78 is 63.6. The molecule has 1 aliphatic rings. The Morgan fingerprint density at radius 1 is 1.00 bits per heavy atom. The molecule has 0 saturated carbocycles. The Bertz CT molecular complexity index is 1810. The van der Waals surface area contributed by atoms with Crippen molar-refractivity contribution in [3.05, 3.63) is 97.1 Å². The fourth-order valence-electron chi connectivity index (χ4n) is 4.42. The number of benzene rings is 3. The summed E-state index contributed by atoms with van der Waals surface area (Å²) in [7, 11) is -8.74. The lowest BCUT2D eigenvalue weighted by Crippen LogP contribution is -2.50. The molecule has 1 aromatic heterocycles. The molecule has 0 radical (unpaired) electrons. The van der Waals surface area contributed by atoms with Crippen LogP contribution in [0.25, 0.3) is 5.69 Å². The van der Waals surface area contributed by atoms with E-state index in [-0.39, 0.29) is 34.6 Å². The summed E-state index contributed by atoms with van der Waals surface area (Å²) in [6.07, 6.45) is 3.06. The quantitative estimate of drug-likeness (QED) is 0.170. The highest BCUT2D eigenvalue weighted by Gasteiger charge is 2.46. The van der Waals surface area contributed by atoms with Crippen LogP contribution in [0.2, 0.25) is 0 Å². The molecule has 2 heterocycles. The van der Waals surface area contributed by atoms with E-state index in [9.17, 15) is 26.4 Å².